The molecule has 0 saturated heterocycles. The lowest BCUT2D eigenvalue weighted by atomic mass is 10.1. The van der Waals surface area contributed by atoms with Gasteiger partial charge in [0.25, 0.3) is 0 Å². The van der Waals surface area contributed by atoms with Gasteiger partial charge in [-0.3, -0.25) is 14.4 Å². The fraction of sp³-hybridized carbons (Fsp3) is 0.625. The summed E-state index contributed by atoms with van der Waals surface area (Å²) < 4.78 is 0. The predicted octanol–water partition coefficient (Wildman–Crippen LogP) is 4.02. The van der Waals surface area contributed by atoms with Crippen LogP contribution >= 0.6 is 11.8 Å². The Bertz CT molecular complexity index is 652. The molecule has 0 heterocycles. The normalized spacial score (nSPS) is 13.8. The first-order valence-electron chi connectivity index (χ1n) is 11.0. The summed E-state index contributed by atoms with van der Waals surface area (Å²) in [7, 11) is 0. The largest absolute Gasteiger partial charge is 0.368 e. The Balaban J connectivity index is 4.04. The van der Waals surface area contributed by atoms with Crippen LogP contribution in [-0.2, 0) is 14.4 Å². The van der Waals surface area contributed by atoms with Crippen molar-refractivity contribution in [3.8, 4) is 0 Å². The van der Waals surface area contributed by atoms with Gasteiger partial charge in [0.1, 0.15) is 6.04 Å². The maximum atomic E-state index is 12.0. The lowest BCUT2D eigenvalue weighted by Gasteiger charge is -2.15. The summed E-state index contributed by atoms with van der Waals surface area (Å²) in [5.74, 6) is 0.943. The van der Waals surface area contributed by atoms with Gasteiger partial charge in [0.15, 0.2) is 0 Å². The molecule has 0 bridgehead atoms. The minimum absolute atomic E-state index is 0.0312. The van der Waals surface area contributed by atoms with E-state index in [9.17, 15) is 14.4 Å². The molecule has 0 saturated carbocycles. The summed E-state index contributed by atoms with van der Waals surface area (Å²) in [6, 6.07) is -0.777. The third kappa shape index (κ3) is 17.4. The monoisotopic (exact) mass is 451 g/mol. The van der Waals surface area contributed by atoms with E-state index in [-0.39, 0.29) is 24.8 Å². The SMILES string of the molecule is CC(C)=CCC/C(C)=C/CC/C(C)=C/CSCC(C)NC(=O)CCC(NC=O)C(N)=O. The fourth-order valence-electron chi connectivity index (χ4n) is 2.84. The summed E-state index contributed by atoms with van der Waals surface area (Å²) in [4.78, 5) is 33.6. The standard InChI is InChI=1S/C24H41N3O3S/c1-18(2)8-6-9-19(3)10-7-11-20(4)14-15-31-16-21(5)27-23(29)13-12-22(24(25)30)26-17-28/h8,10,14,17,21-22H,6-7,9,11-13,15-16H2,1-5H3,(H2,25,30)(H,26,28)(H,27,29)/b19-10+,20-14+. The molecule has 0 aromatic carbocycles. The molecule has 2 unspecified atom stereocenters. The molecule has 0 aromatic heterocycles. The fourth-order valence-corrected chi connectivity index (χ4v) is 3.81. The van der Waals surface area contributed by atoms with Gasteiger partial charge in [0.2, 0.25) is 18.2 Å². The van der Waals surface area contributed by atoms with E-state index in [1.165, 1.54) is 16.7 Å². The molecule has 0 aromatic rings. The molecule has 0 aliphatic rings. The van der Waals surface area contributed by atoms with E-state index in [0.717, 1.165) is 37.2 Å². The van der Waals surface area contributed by atoms with Crippen LogP contribution in [0.3, 0.4) is 0 Å². The molecule has 6 nitrogen and oxygen atoms in total. The number of carbonyl (C=O) groups excluding carboxylic acids is 3. The van der Waals surface area contributed by atoms with Crippen LogP contribution in [0.25, 0.3) is 0 Å². The second kappa shape index (κ2) is 17.6. The first-order chi connectivity index (χ1) is 14.6. The number of primary amides is 1. The number of amides is 3. The first kappa shape index (κ1) is 29.0. The number of nitrogens with one attached hydrogen (secondary N) is 2. The third-order valence-corrected chi connectivity index (χ3v) is 5.86. The van der Waals surface area contributed by atoms with E-state index in [1.807, 2.05) is 6.92 Å². The molecule has 2 atom stereocenters. The van der Waals surface area contributed by atoms with Crippen molar-refractivity contribution >= 4 is 30.0 Å². The molecule has 3 amide bonds. The van der Waals surface area contributed by atoms with Crippen molar-refractivity contribution in [3.63, 3.8) is 0 Å². The van der Waals surface area contributed by atoms with Crippen LogP contribution in [0.15, 0.2) is 34.9 Å². The lowest BCUT2D eigenvalue weighted by Crippen LogP contribution is -2.42. The van der Waals surface area contributed by atoms with Gasteiger partial charge < -0.3 is 16.4 Å². The zero-order valence-corrected chi connectivity index (χ0v) is 20.6. The molecule has 0 aliphatic heterocycles. The highest BCUT2D eigenvalue weighted by Crippen LogP contribution is 2.13. The van der Waals surface area contributed by atoms with Crippen molar-refractivity contribution in [1.29, 1.82) is 0 Å². The van der Waals surface area contributed by atoms with Crippen LogP contribution in [0, 0.1) is 0 Å². The molecule has 0 spiro atoms. The van der Waals surface area contributed by atoms with E-state index in [4.69, 9.17) is 5.73 Å². The third-order valence-electron chi connectivity index (χ3n) is 4.72. The van der Waals surface area contributed by atoms with E-state index >= 15 is 0 Å². The van der Waals surface area contributed by atoms with Crippen molar-refractivity contribution in [2.45, 2.75) is 85.2 Å². The Labute approximate surface area is 192 Å². The number of carbonyl (C=O) groups is 3. The van der Waals surface area contributed by atoms with Gasteiger partial charge in [-0.15, -0.1) is 0 Å². The molecule has 31 heavy (non-hydrogen) atoms. The molecule has 7 heteroatoms. The average molecular weight is 452 g/mol. The van der Waals surface area contributed by atoms with Crippen LogP contribution in [0.2, 0.25) is 0 Å². The molecule has 0 rings (SSSR count). The topological polar surface area (TPSA) is 101 Å². The van der Waals surface area contributed by atoms with Gasteiger partial charge in [-0.25, -0.2) is 0 Å². The summed E-state index contributed by atoms with van der Waals surface area (Å²) in [6.07, 6.45) is 12.0. The van der Waals surface area contributed by atoms with Gasteiger partial charge in [-0.05, 0) is 66.7 Å². The van der Waals surface area contributed by atoms with E-state index in [2.05, 4.69) is 56.6 Å². The maximum absolute atomic E-state index is 12.0. The van der Waals surface area contributed by atoms with Crippen LogP contribution in [0.5, 0.6) is 0 Å². The zero-order valence-electron chi connectivity index (χ0n) is 19.8. The minimum Gasteiger partial charge on any atom is -0.368 e. The molecular weight excluding hydrogens is 410 g/mol. The van der Waals surface area contributed by atoms with Crippen LogP contribution in [-0.4, -0.2) is 41.8 Å². The van der Waals surface area contributed by atoms with Crippen molar-refractivity contribution in [2.24, 2.45) is 5.73 Å². The Hall–Kier alpha value is -2.02. The second-order valence-electron chi connectivity index (χ2n) is 8.24. The zero-order chi connectivity index (χ0) is 23.6. The number of rotatable bonds is 17. The number of hydrogen-bond donors (Lipinski definition) is 3. The first-order valence-corrected chi connectivity index (χ1v) is 12.1. The van der Waals surface area contributed by atoms with Gasteiger partial charge in [-0.2, -0.15) is 11.8 Å². The van der Waals surface area contributed by atoms with Crippen molar-refractivity contribution in [2.75, 3.05) is 11.5 Å². The van der Waals surface area contributed by atoms with E-state index in [0.29, 0.717) is 6.41 Å². The smallest absolute Gasteiger partial charge is 0.240 e. The Morgan fingerprint density at radius 1 is 0.968 bits per heavy atom. The summed E-state index contributed by atoms with van der Waals surface area (Å²) in [5, 5.41) is 5.24. The highest BCUT2D eigenvalue weighted by atomic mass is 32.2. The number of allylic oxidation sites excluding steroid dienone is 5. The van der Waals surface area contributed by atoms with Crippen molar-refractivity contribution in [1.82, 2.24) is 10.6 Å². The Morgan fingerprint density at radius 2 is 1.58 bits per heavy atom. The van der Waals surface area contributed by atoms with Crippen LogP contribution < -0.4 is 16.4 Å². The summed E-state index contributed by atoms with van der Waals surface area (Å²) >= 11 is 1.78. The lowest BCUT2D eigenvalue weighted by molar-refractivity contribution is -0.124. The highest BCUT2D eigenvalue weighted by Gasteiger charge is 2.16. The minimum atomic E-state index is -0.808. The van der Waals surface area contributed by atoms with Crippen LogP contribution in [0.1, 0.15) is 73.1 Å². The van der Waals surface area contributed by atoms with Gasteiger partial charge in [0.05, 0.1) is 0 Å². The summed E-state index contributed by atoms with van der Waals surface area (Å²) in [6.45, 7) is 10.6. The van der Waals surface area contributed by atoms with Gasteiger partial charge in [-0.1, -0.05) is 34.9 Å². The number of thioether (sulfide) groups is 1. The van der Waals surface area contributed by atoms with Gasteiger partial charge >= 0.3 is 0 Å². The molecule has 0 fully saturated rings. The predicted molar refractivity (Wildman–Crippen MR) is 132 cm³/mol. The van der Waals surface area contributed by atoms with E-state index < -0.39 is 11.9 Å². The second-order valence-corrected chi connectivity index (χ2v) is 9.32. The molecule has 176 valence electrons. The summed E-state index contributed by atoms with van der Waals surface area (Å²) in [5.41, 5.74) is 9.40. The van der Waals surface area contributed by atoms with Crippen molar-refractivity contribution < 1.29 is 14.4 Å². The molecule has 0 radical (unpaired) electrons. The number of hydrogen-bond acceptors (Lipinski definition) is 4. The highest BCUT2D eigenvalue weighted by molar-refractivity contribution is 7.99. The van der Waals surface area contributed by atoms with Gasteiger partial charge in [0, 0.05) is 24.0 Å². The maximum Gasteiger partial charge on any atom is 0.240 e. The Kier molecular flexibility index (Phi) is 16.5. The van der Waals surface area contributed by atoms with E-state index in [1.54, 1.807) is 11.8 Å². The van der Waals surface area contributed by atoms with Crippen LogP contribution in [0.4, 0.5) is 0 Å². The van der Waals surface area contributed by atoms with Crippen molar-refractivity contribution in [3.05, 3.63) is 34.9 Å². The quantitative estimate of drug-likeness (QED) is 0.177. The average Bonchev–Trinajstić information content (AvgIpc) is 2.68. The molecule has 0 aliphatic carbocycles. The Morgan fingerprint density at radius 3 is 2.16 bits per heavy atom. The number of nitrogens with two attached hydrogens (primary N) is 1. The molecule has 4 N–H and O–H groups in total. The molecular formula is C24H41N3O3S.